The molecule has 5 nitrogen and oxygen atoms in total. The zero-order valence-corrected chi connectivity index (χ0v) is 11.1. The van der Waals surface area contributed by atoms with E-state index < -0.39 is 0 Å². The van der Waals surface area contributed by atoms with E-state index in [0.29, 0.717) is 11.6 Å². The average Bonchev–Trinajstić information content (AvgIpc) is 2.92. The smallest absolute Gasteiger partial charge is 0.269 e. The van der Waals surface area contributed by atoms with Gasteiger partial charge < -0.3 is 10.3 Å². The molecule has 0 aromatic carbocycles. The molecule has 100 valence electrons. The van der Waals surface area contributed by atoms with E-state index in [-0.39, 0.29) is 11.9 Å². The topological polar surface area (TPSA) is 70.7 Å². The lowest BCUT2D eigenvalue weighted by Crippen LogP contribution is -2.29. The third-order valence-corrected chi connectivity index (χ3v) is 2.84. The third kappa shape index (κ3) is 3.64. The summed E-state index contributed by atoms with van der Waals surface area (Å²) < 4.78 is 0. The van der Waals surface area contributed by atoms with Crippen LogP contribution < -0.4 is 5.32 Å². The number of aromatic nitrogens is 3. The lowest BCUT2D eigenvalue weighted by Gasteiger charge is -2.20. The van der Waals surface area contributed by atoms with Gasteiger partial charge in [-0.25, -0.2) is 4.98 Å². The minimum Gasteiger partial charge on any atom is -0.344 e. The van der Waals surface area contributed by atoms with Crippen molar-refractivity contribution in [3.8, 4) is 0 Å². The zero-order chi connectivity index (χ0) is 13.7. The minimum absolute atomic E-state index is 0.0375. The summed E-state index contributed by atoms with van der Waals surface area (Å²) in [5.41, 5.74) is 1.49. The SMILES string of the molecule is CC(C)CC(NC(=O)c1cnc[nH]1)c1cccnc1. The maximum absolute atomic E-state index is 12.1. The van der Waals surface area contributed by atoms with Gasteiger partial charge in [0.1, 0.15) is 5.69 Å². The molecule has 0 radical (unpaired) electrons. The van der Waals surface area contributed by atoms with E-state index in [2.05, 4.69) is 34.1 Å². The Balaban J connectivity index is 2.13. The predicted octanol–water partition coefficient (Wildman–Crippen LogP) is 2.32. The van der Waals surface area contributed by atoms with E-state index in [1.54, 1.807) is 12.4 Å². The summed E-state index contributed by atoms with van der Waals surface area (Å²) in [6.45, 7) is 4.26. The molecule has 2 aromatic heterocycles. The average molecular weight is 258 g/mol. The largest absolute Gasteiger partial charge is 0.344 e. The summed E-state index contributed by atoms with van der Waals surface area (Å²) in [5, 5.41) is 3.02. The van der Waals surface area contributed by atoms with Crippen molar-refractivity contribution in [2.45, 2.75) is 26.3 Å². The Bertz CT molecular complexity index is 508. The van der Waals surface area contributed by atoms with E-state index >= 15 is 0 Å². The Morgan fingerprint density at radius 3 is 2.79 bits per heavy atom. The van der Waals surface area contributed by atoms with Crippen LogP contribution >= 0.6 is 0 Å². The summed E-state index contributed by atoms with van der Waals surface area (Å²) in [5.74, 6) is 0.333. The van der Waals surface area contributed by atoms with Crippen LogP contribution in [0.5, 0.6) is 0 Å². The molecule has 0 aliphatic rings. The molecule has 2 rings (SSSR count). The molecule has 5 heteroatoms. The van der Waals surface area contributed by atoms with E-state index in [4.69, 9.17) is 0 Å². The number of H-pyrrole nitrogens is 1. The molecule has 2 aromatic rings. The number of nitrogens with one attached hydrogen (secondary N) is 2. The zero-order valence-electron chi connectivity index (χ0n) is 11.1. The summed E-state index contributed by atoms with van der Waals surface area (Å²) in [4.78, 5) is 22.8. The van der Waals surface area contributed by atoms with E-state index in [1.807, 2.05) is 12.1 Å². The van der Waals surface area contributed by atoms with Gasteiger partial charge in [0.2, 0.25) is 0 Å². The summed E-state index contributed by atoms with van der Waals surface area (Å²) >= 11 is 0. The first-order valence-electron chi connectivity index (χ1n) is 6.36. The van der Waals surface area contributed by atoms with Gasteiger partial charge in [-0.3, -0.25) is 9.78 Å². The van der Waals surface area contributed by atoms with Crippen LogP contribution in [0.3, 0.4) is 0 Å². The van der Waals surface area contributed by atoms with Crippen LogP contribution in [0.1, 0.15) is 42.4 Å². The molecule has 0 aliphatic heterocycles. The van der Waals surface area contributed by atoms with E-state index in [1.165, 1.54) is 12.5 Å². The second-order valence-corrected chi connectivity index (χ2v) is 4.91. The molecule has 0 saturated heterocycles. The highest BCUT2D eigenvalue weighted by Gasteiger charge is 2.17. The highest BCUT2D eigenvalue weighted by molar-refractivity contribution is 5.92. The maximum atomic E-state index is 12.1. The van der Waals surface area contributed by atoms with Gasteiger partial charge in [0, 0.05) is 12.4 Å². The Morgan fingerprint density at radius 2 is 2.21 bits per heavy atom. The number of hydrogen-bond donors (Lipinski definition) is 2. The number of rotatable bonds is 5. The molecule has 0 bridgehead atoms. The molecule has 2 N–H and O–H groups in total. The number of pyridine rings is 1. The second kappa shape index (κ2) is 6.13. The highest BCUT2D eigenvalue weighted by atomic mass is 16.1. The number of imidazole rings is 1. The predicted molar refractivity (Wildman–Crippen MR) is 72.5 cm³/mol. The van der Waals surface area contributed by atoms with Crippen molar-refractivity contribution < 1.29 is 4.79 Å². The molecule has 0 fully saturated rings. The van der Waals surface area contributed by atoms with Gasteiger partial charge >= 0.3 is 0 Å². The van der Waals surface area contributed by atoms with Gasteiger partial charge in [-0.1, -0.05) is 19.9 Å². The van der Waals surface area contributed by atoms with Crippen molar-refractivity contribution in [1.82, 2.24) is 20.3 Å². The third-order valence-electron chi connectivity index (χ3n) is 2.84. The molecule has 1 atom stereocenters. The van der Waals surface area contributed by atoms with Gasteiger partial charge in [0.15, 0.2) is 0 Å². The van der Waals surface area contributed by atoms with Crippen LogP contribution in [0.4, 0.5) is 0 Å². The maximum Gasteiger partial charge on any atom is 0.269 e. The molecular weight excluding hydrogens is 240 g/mol. The number of nitrogens with zero attached hydrogens (tertiary/aromatic N) is 2. The molecule has 1 amide bonds. The summed E-state index contributed by atoms with van der Waals surface area (Å²) in [7, 11) is 0. The molecule has 1 unspecified atom stereocenters. The lowest BCUT2D eigenvalue weighted by atomic mass is 9.98. The van der Waals surface area contributed by atoms with Crippen LogP contribution in [0.15, 0.2) is 37.1 Å². The van der Waals surface area contributed by atoms with E-state index in [9.17, 15) is 4.79 Å². The number of aromatic amines is 1. The fraction of sp³-hybridized carbons (Fsp3) is 0.357. The van der Waals surface area contributed by atoms with Crippen LogP contribution in [-0.2, 0) is 0 Å². The number of hydrogen-bond acceptors (Lipinski definition) is 3. The summed E-state index contributed by atoms with van der Waals surface area (Å²) in [6, 6.07) is 3.82. The van der Waals surface area contributed by atoms with Gasteiger partial charge in [-0.05, 0) is 24.0 Å². The fourth-order valence-electron chi connectivity index (χ4n) is 1.95. The quantitative estimate of drug-likeness (QED) is 0.864. The lowest BCUT2D eigenvalue weighted by molar-refractivity contribution is 0.0927. The van der Waals surface area contributed by atoms with Crippen molar-refractivity contribution in [2.24, 2.45) is 5.92 Å². The van der Waals surface area contributed by atoms with Crippen molar-refractivity contribution in [2.75, 3.05) is 0 Å². The first kappa shape index (κ1) is 13.3. The Labute approximate surface area is 112 Å². The van der Waals surface area contributed by atoms with Gasteiger partial charge in [-0.2, -0.15) is 0 Å². The number of carbonyl (C=O) groups is 1. The summed E-state index contributed by atoms with van der Waals surface area (Å²) in [6.07, 6.45) is 7.40. The van der Waals surface area contributed by atoms with E-state index in [0.717, 1.165) is 12.0 Å². The Morgan fingerprint density at radius 1 is 1.37 bits per heavy atom. The van der Waals surface area contributed by atoms with Crippen LogP contribution in [0.2, 0.25) is 0 Å². The van der Waals surface area contributed by atoms with Crippen molar-refractivity contribution in [3.63, 3.8) is 0 Å². The standard InChI is InChI=1S/C14H18N4O/c1-10(2)6-12(11-4-3-5-15-7-11)18-14(19)13-8-16-9-17-13/h3-5,7-10,12H,6H2,1-2H3,(H,16,17)(H,18,19). The van der Waals surface area contributed by atoms with Gasteiger partial charge in [-0.15, -0.1) is 0 Å². The van der Waals surface area contributed by atoms with Crippen LogP contribution in [-0.4, -0.2) is 20.9 Å². The van der Waals surface area contributed by atoms with Crippen LogP contribution in [0, 0.1) is 5.92 Å². The highest BCUT2D eigenvalue weighted by Crippen LogP contribution is 2.20. The monoisotopic (exact) mass is 258 g/mol. The normalized spacial score (nSPS) is 12.4. The van der Waals surface area contributed by atoms with Gasteiger partial charge in [0.05, 0.1) is 18.6 Å². The molecule has 19 heavy (non-hydrogen) atoms. The molecule has 0 spiro atoms. The Kier molecular flexibility index (Phi) is 4.28. The van der Waals surface area contributed by atoms with Gasteiger partial charge in [0.25, 0.3) is 5.91 Å². The first-order chi connectivity index (χ1) is 9.16. The first-order valence-corrected chi connectivity index (χ1v) is 6.36. The second-order valence-electron chi connectivity index (χ2n) is 4.91. The minimum atomic E-state index is -0.146. The fourth-order valence-corrected chi connectivity index (χ4v) is 1.95. The molecule has 2 heterocycles. The number of carbonyl (C=O) groups excluding carboxylic acids is 1. The number of amides is 1. The molecular formula is C14H18N4O. The van der Waals surface area contributed by atoms with Crippen molar-refractivity contribution >= 4 is 5.91 Å². The van der Waals surface area contributed by atoms with Crippen molar-refractivity contribution in [3.05, 3.63) is 48.3 Å². The molecule has 0 saturated carbocycles. The van der Waals surface area contributed by atoms with Crippen LogP contribution in [0.25, 0.3) is 0 Å². The van der Waals surface area contributed by atoms with Crippen molar-refractivity contribution in [1.29, 1.82) is 0 Å². The molecule has 0 aliphatic carbocycles. The Hall–Kier alpha value is -2.17.